The Bertz CT molecular complexity index is 578. The molecule has 0 aliphatic carbocycles. The van der Waals surface area contributed by atoms with Crippen molar-refractivity contribution in [3.05, 3.63) is 30.5 Å². The van der Waals surface area contributed by atoms with Crippen LogP contribution in [-0.2, 0) is 18.3 Å². The maximum atomic E-state index is 5.46. The molecule has 2 aromatic heterocycles. The van der Waals surface area contributed by atoms with Crippen LogP contribution in [0.25, 0.3) is 0 Å². The first-order valence-electron chi connectivity index (χ1n) is 7.17. The van der Waals surface area contributed by atoms with Gasteiger partial charge in [0.25, 0.3) is 0 Å². The second-order valence-corrected chi connectivity index (χ2v) is 5.17. The average molecular weight is 288 g/mol. The number of ether oxygens (including phenoxy) is 1. The van der Waals surface area contributed by atoms with Crippen molar-refractivity contribution >= 4 is 11.8 Å². The van der Waals surface area contributed by atoms with Crippen molar-refractivity contribution in [1.82, 2.24) is 19.5 Å². The lowest BCUT2D eigenvalue weighted by molar-refractivity contribution is 0.0875. The molecular formula is C14H20N6O. The average Bonchev–Trinajstić information content (AvgIpc) is 2.92. The fourth-order valence-electron chi connectivity index (χ4n) is 2.31. The van der Waals surface area contributed by atoms with Gasteiger partial charge in [-0.3, -0.25) is 0 Å². The van der Waals surface area contributed by atoms with E-state index in [0.29, 0.717) is 18.5 Å². The Morgan fingerprint density at radius 3 is 3.19 bits per heavy atom. The first-order chi connectivity index (χ1) is 10.3. The number of aryl methyl sites for hydroxylation is 1. The molecule has 1 aliphatic heterocycles. The summed E-state index contributed by atoms with van der Waals surface area (Å²) in [5.74, 6) is 1.44. The molecule has 0 amide bonds. The molecule has 1 unspecified atom stereocenters. The van der Waals surface area contributed by atoms with E-state index < -0.39 is 0 Å². The highest BCUT2D eigenvalue weighted by atomic mass is 16.5. The van der Waals surface area contributed by atoms with E-state index in [2.05, 4.69) is 25.6 Å². The third-order valence-electron chi connectivity index (χ3n) is 3.51. The molecule has 1 saturated heterocycles. The minimum Gasteiger partial charge on any atom is -0.379 e. The van der Waals surface area contributed by atoms with E-state index in [-0.39, 0.29) is 0 Å². The van der Waals surface area contributed by atoms with Gasteiger partial charge >= 0.3 is 0 Å². The molecule has 3 heterocycles. The number of rotatable bonds is 5. The van der Waals surface area contributed by atoms with Gasteiger partial charge in [-0.2, -0.15) is 4.98 Å². The Morgan fingerprint density at radius 2 is 2.43 bits per heavy atom. The predicted molar refractivity (Wildman–Crippen MR) is 80.0 cm³/mol. The Morgan fingerprint density at radius 1 is 1.48 bits per heavy atom. The van der Waals surface area contributed by atoms with Crippen molar-refractivity contribution < 1.29 is 4.74 Å². The molecule has 112 valence electrons. The standard InChI is InChI=1S/C14H20N6O/c1-20-10-15-7-12(20)8-17-14-16-5-4-13(19-14)18-11-3-2-6-21-9-11/h4-5,7,10-11H,2-3,6,8-9H2,1H3,(H2,16,17,18,19). The highest BCUT2D eigenvalue weighted by Crippen LogP contribution is 2.13. The van der Waals surface area contributed by atoms with Gasteiger partial charge in [-0.1, -0.05) is 0 Å². The van der Waals surface area contributed by atoms with Crippen LogP contribution in [0.1, 0.15) is 18.5 Å². The zero-order valence-corrected chi connectivity index (χ0v) is 12.1. The second-order valence-electron chi connectivity index (χ2n) is 5.17. The summed E-state index contributed by atoms with van der Waals surface area (Å²) in [6.07, 6.45) is 7.56. The van der Waals surface area contributed by atoms with E-state index in [1.165, 1.54) is 0 Å². The Hall–Kier alpha value is -2.15. The van der Waals surface area contributed by atoms with Crippen LogP contribution in [-0.4, -0.2) is 38.8 Å². The molecule has 0 bridgehead atoms. The molecule has 21 heavy (non-hydrogen) atoms. The summed E-state index contributed by atoms with van der Waals surface area (Å²) in [5, 5.41) is 6.60. The fourth-order valence-corrected chi connectivity index (χ4v) is 2.31. The van der Waals surface area contributed by atoms with Crippen molar-refractivity contribution in [3.8, 4) is 0 Å². The summed E-state index contributed by atoms with van der Waals surface area (Å²) in [6.45, 7) is 2.24. The van der Waals surface area contributed by atoms with Gasteiger partial charge in [0, 0.05) is 26.0 Å². The molecule has 2 aromatic rings. The van der Waals surface area contributed by atoms with Crippen LogP contribution in [0.2, 0.25) is 0 Å². The summed E-state index contributed by atoms with van der Waals surface area (Å²) in [7, 11) is 1.96. The second kappa shape index (κ2) is 6.53. The highest BCUT2D eigenvalue weighted by Gasteiger charge is 2.14. The van der Waals surface area contributed by atoms with Crippen molar-refractivity contribution in [2.45, 2.75) is 25.4 Å². The van der Waals surface area contributed by atoms with Gasteiger partial charge in [-0.05, 0) is 18.9 Å². The quantitative estimate of drug-likeness (QED) is 0.866. The van der Waals surface area contributed by atoms with Gasteiger partial charge in [-0.15, -0.1) is 0 Å². The summed E-state index contributed by atoms with van der Waals surface area (Å²) >= 11 is 0. The van der Waals surface area contributed by atoms with Gasteiger partial charge in [0.15, 0.2) is 0 Å². The minimum absolute atomic E-state index is 0.332. The smallest absolute Gasteiger partial charge is 0.224 e. The van der Waals surface area contributed by atoms with Crippen molar-refractivity contribution in [2.75, 3.05) is 23.8 Å². The third kappa shape index (κ3) is 3.69. The SMILES string of the molecule is Cn1cncc1CNc1nccc(NC2CCCOC2)n1. The molecule has 1 atom stereocenters. The van der Waals surface area contributed by atoms with Crippen LogP contribution in [0.5, 0.6) is 0 Å². The van der Waals surface area contributed by atoms with E-state index in [4.69, 9.17) is 4.74 Å². The molecule has 1 aliphatic rings. The van der Waals surface area contributed by atoms with Crippen LogP contribution in [0, 0.1) is 0 Å². The van der Waals surface area contributed by atoms with Gasteiger partial charge in [0.2, 0.25) is 5.95 Å². The van der Waals surface area contributed by atoms with Crippen molar-refractivity contribution in [1.29, 1.82) is 0 Å². The molecule has 0 aromatic carbocycles. The first kappa shape index (κ1) is 13.8. The number of nitrogens with zero attached hydrogens (tertiary/aromatic N) is 4. The predicted octanol–water partition coefficient (Wildman–Crippen LogP) is 1.41. The van der Waals surface area contributed by atoms with Crippen LogP contribution in [0.3, 0.4) is 0 Å². The van der Waals surface area contributed by atoms with Crippen LogP contribution in [0.4, 0.5) is 11.8 Å². The zero-order chi connectivity index (χ0) is 14.5. The number of nitrogens with one attached hydrogen (secondary N) is 2. The normalized spacial score (nSPS) is 18.4. The Kier molecular flexibility index (Phi) is 4.30. The van der Waals surface area contributed by atoms with Gasteiger partial charge in [0.1, 0.15) is 5.82 Å². The van der Waals surface area contributed by atoms with E-state index in [9.17, 15) is 0 Å². The van der Waals surface area contributed by atoms with Crippen LogP contribution >= 0.6 is 0 Å². The summed E-state index contributed by atoms with van der Waals surface area (Å²) in [5.41, 5.74) is 1.08. The van der Waals surface area contributed by atoms with E-state index >= 15 is 0 Å². The molecule has 7 nitrogen and oxygen atoms in total. The molecular weight excluding hydrogens is 268 g/mol. The molecule has 0 saturated carbocycles. The Labute approximate surface area is 123 Å². The van der Waals surface area contributed by atoms with E-state index in [0.717, 1.165) is 37.6 Å². The van der Waals surface area contributed by atoms with Crippen molar-refractivity contribution in [3.63, 3.8) is 0 Å². The third-order valence-corrected chi connectivity index (χ3v) is 3.51. The van der Waals surface area contributed by atoms with E-state index in [1.54, 1.807) is 12.5 Å². The number of anilines is 2. The molecule has 2 N–H and O–H groups in total. The minimum atomic E-state index is 0.332. The molecule has 0 spiro atoms. The number of imidazole rings is 1. The number of hydrogen-bond donors (Lipinski definition) is 2. The summed E-state index contributed by atoms with van der Waals surface area (Å²) < 4.78 is 7.43. The van der Waals surface area contributed by atoms with Crippen molar-refractivity contribution in [2.24, 2.45) is 7.05 Å². The first-order valence-corrected chi connectivity index (χ1v) is 7.17. The van der Waals surface area contributed by atoms with E-state index in [1.807, 2.05) is 23.9 Å². The summed E-state index contributed by atoms with van der Waals surface area (Å²) in [4.78, 5) is 12.8. The van der Waals surface area contributed by atoms with Crippen LogP contribution in [0.15, 0.2) is 24.8 Å². The molecule has 1 fully saturated rings. The lowest BCUT2D eigenvalue weighted by Crippen LogP contribution is -2.30. The Balaban J connectivity index is 1.58. The van der Waals surface area contributed by atoms with Gasteiger partial charge < -0.3 is 19.9 Å². The number of hydrogen-bond acceptors (Lipinski definition) is 6. The number of aromatic nitrogens is 4. The largest absolute Gasteiger partial charge is 0.379 e. The van der Waals surface area contributed by atoms with Gasteiger partial charge in [-0.25, -0.2) is 9.97 Å². The molecule has 7 heteroatoms. The summed E-state index contributed by atoms with van der Waals surface area (Å²) in [6, 6.07) is 2.21. The lowest BCUT2D eigenvalue weighted by atomic mass is 10.1. The molecule has 3 rings (SSSR count). The van der Waals surface area contributed by atoms with Crippen LogP contribution < -0.4 is 10.6 Å². The maximum absolute atomic E-state index is 5.46. The lowest BCUT2D eigenvalue weighted by Gasteiger charge is -2.23. The zero-order valence-electron chi connectivity index (χ0n) is 12.1. The van der Waals surface area contributed by atoms with Gasteiger partial charge in [0.05, 0.1) is 31.2 Å². The topological polar surface area (TPSA) is 76.9 Å². The monoisotopic (exact) mass is 288 g/mol. The maximum Gasteiger partial charge on any atom is 0.224 e. The highest BCUT2D eigenvalue weighted by molar-refractivity contribution is 5.40. The molecule has 0 radical (unpaired) electrons. The fraction of sp³-hybridized carbons (Fsp3) is 0.500.